The highest BCUT2D eigenvalue weighted by Gasteiger charge is 2.37. The van der Waals surface area contributed by atoms with E-state index in [2.05, 4.69) is 35.9 Å². The van der Waals surface area contributed by atoms with Gasteiger partial charge in [0.15, 0.2) is 0 Å². The molecule has 0 aromatic rings. The van der Waals surface area contributed by atoms with Crippen LogP contribution >= 0.6 is 0 Å². The van der Waals surface area contributed by atoms with Crippen molar-refractivity contribution < 1.29 is 4.74 Å². The van der Waals surface area contributed by atoms with Crippen LogP contribution in [0.4, 0.5) is 0 Å². The van der Waals surface area contributed by atoms with Crippen LogP contribution < -0.4 is 5.32 Å². The van der Waals surface area contributed by atoms with Gasteiger partial charge in [-0.1, -0.05) is 6.92 Å². The van der Waals surface area contributed by atoms with Crippen LogP contribution in [0.3, 0.4) is 0 Å². The molecule has 0 aliphatic carbocycles. The number of ether oxygens (including phenoxy) is 1. The molecule has 0 aromatic carbocycles. The van der Waals surface area contributed by atoms with Gasteiger partial charge in [0, 0.05) is 31.1 Å². The molecule has 1 rings (SSSR count). The minimum Gasteiger partial charge on any atom is -0.379 e. The third kappa shape index (κ3) is 3.45. The average Bonchev–Trinajstić information content (AvgIpc) is 2.40. The highest BCUT2D eigenvalue weighted by Crippen LogP contribution is 2.26. The van der Waals surface area contributed by atoms with Crippen molar-refractivity contribution in [2.45, 2.75) is 45.2 Å². The fourth-order valence-corrected chi connectivity index (χ4v) is 2.60. The van der Waals surface area contributed by atoms with Gasteiger partial charge in [0.1, 0.15) is 0 Å². The van der Waals surface area contributed by atoms with Crippen LogP contribution in [0.2, 0.25) is 0 Å². The van der Waals surface area contributed by atoms with E-state index < -0.39 is 0 Å². The molecule has 0 saturated carbocycles. The van der Waals surface area contributed by atoms with E-state index in [-0.39, 0.29) is 5.54 Å². The van der Waals surface area contributed by atoms with Gasteiger partial charge in [0.05, 0.1) is 13.2 Å². The molecule has 0 bridgehead atoms. The van der Waals surface area contributed by atoms with E-state index in [1.165, 1.54) is 0 Å². The summed E-state index contributed by atoms with van der Waals surface area (Å²) in [4.78, 5) is 2.55. The van der Waals surface area contributed by atoms with E-state index >= 15 is 0 Å². The molecule has 0 amide bonds. The van der Waals surface area contributed by atoms with Crippen LogP contribution in [0.15, 0.2) is 0 Å². The predicted molar refractivity (Wildman–Crippen MR) is 72.0 cm³/mol. The molecule has 1 heterocycles. The number of likely N-dealkylation sites (N-methyl/N-ethyl adjacent to an activating group) is 1. The minimum atomic E-state index is 0.169. The molecular weight excluding hydrogens is 212 g/mol. The second-order valence-electron chi connectivity index (χ2n) is 4.78. The van der Waals surface area contributed by atoms with Gasteiger partial charge in [-0.15, -0.1) is 11.8 Å². The second-order valence-corrected chi connectivity index (χ2v) is 4.78. The van der Waals surface area contributed by atoms with Crippen molar-refractivity contribution in [1.29, 1.82) is 0 Å². The van der Waals surface area contributed by atoms with Crippen molar-refractivity contribution in [2.75, 3.05) is 33.4 Å². The largest absolute Gasteiger partial charge is 0.379 e. The maximum Gasteiger partial charge on any atom is 0.0594 e. The monoisotopic (exact) mass is 238 g/mol. The van der Waals surface area contributed by atoms with Crippen molar-refractivity contribution in [3.8, 4) is 11.8 Å². The predicted octanol–water partition coefficient (Wildman–Crippen LogP) is 1.49. The lowest BCUT2D eigenvalue weighted by molar-refractivity contribution is -0.0307. The van der Waals surface area contributed by atoms with E-state index in [0.29, 0.717) is 6.04 Å². The Morgan fingerprint density at radius 3 is 2.53 bits per heavy atom. The van der Waals surface area contributed by atoms with Crippen molar-refractivity contribution in [2.24, 2.45) is 0 Å². The van der Waals surface area contributed by atoms with E-state index in [1.54, 1.807) is 0 Å². The molecular formula is C14H26N2O. The van der Waals surface area contributed by atoms with Crippen LogP contribution in [0, 0.1) is 11.8 Å². The fourth-order valence-electron chi connectivity index (χ4n) is 2.60. The van der Waals surface area contributed by atoms with Gasteiger partial charge >= 0.3 is 0 Å². The molecule has 0 aromatic heterocycles. The number of hydrogen-bond acceptors (Lipinski definition) is 3. The summed E-state index contributed by atoms with van der Waals surface area (Å²) >= 11 is 0. The summed E-state index contributed by atoms with van der Waals surface area (Å²) < 4.78 is 5.44. The van der Waals surface area contributed by atoms with Crippen LogP contribution in [0.25, 0.3) is 0 Å². The number of nitrogens with zero attached hydrogens (tertiary/aromatic N) is 1. The Bertz CT molecular complexity index is 276. The second kappa shape index (κ2) is 7.00. The quantitative estimate of drug-likeness (QED) is 0.734. The van der Waals surface area contributed by atoms with Crippen molar-refractivity contribution in [3.05, 3.63) is 0 Å². The standard InChI is InChI=1S/C14H26N2O/c1-5-7-8-13(15-4)14(3,6-2)16-9-11-17-12-10-16/h13,15H,6,8-12H2,1-4H3. The Balaban J connectivity index is 2.77. The summed E-state index contributed by atoms with van der Waals surface area (Å²) in [6.07, 6.45) is 2.04. The third-order valence-corrected chi connectivity index (χ3v) is 4.03. The first kappa shape index (κ1) is 14.5. The van der Waals surface area contributed by atoms with Gasteiger partial charge in [-0.2, -0.15) is 0 Å². The highest BCUT2D eigenvalue weighted by molar-refractivity contribution is 5.05. The summed E-state index contributed by atoms with van der Waals surface area (Å²) in [5.41, 5.74) is 0.169. The summed E-state index contributed by atoms with van der Waals surface area (Å²) in [6.45, 7) is 10.3. The topological polar surface area (TPSA) is 24.5 Å². The molecule has 1 N–H and O–H groups in total. The van der Waals surface area contributed by atoms with Gasteiger partial charge in [-0.3, -0.25) is 4.90 Å². The summed E-state index contributed by atoms with van der Waals surface area (Å²) in [5.74, 6) is 6.21. The Hall–Kier alpha value is -0.560. The minimum absolute atomic E-state index is 0.169. The van der Waals surface area contributed by atoms with Crippen molar-refractivity contribution in [1.82, 2.24) is 10.2 Å². The third-order valence-electron chi connectivity index (χ3n) is 4.03. The maximum absolute atomic E-state index is 5.44. The van der Waals surface area contributed by atoms with E-state index in [1.807, 2.05) is 14.0 Å². The Kier molecular flexibility index (Phi) is 5.97. The van der Waals surface area contributed by atoms with E-state index in [4.69, 9.17) is 4.74 Å². The highest BCUT2D eigenvalue weighted by atomic mass is 16.5. The molecule has 1 aliphatic heterocycles. The van der Waals surface area contributed by atoms with Crippen molar-refractivity contribution in [3.63, 3.8) is 0 Å². The lowest BCUT2D eigenvalue weighted by Gasteiger charge is -2.47. The maximum atomic E-state index is 5.44. The van der Waals surface area contributed by atoms with E-state index in [0.717, 1.165) is 39.1 Å². The zero-order valence-electron chi connectivity index (χ0n) is 11.7. The molecule has 2 unspecified atom stereocenters. The average molecular weight is 238 g/mol. The molecule has 1 aliphatic rings. The summed E-state index contributed by atoms with van der Waals surface area (Å²) in [6, 6.07) is 0.415. The van der Waals surface area contributed by atoms with Gasteiger partial charge in [0.2, 0.25) is 0 Å². The van der Waals surface area contributed by atoms with Gasteiger partial charge in [-0.05, 0) is 27.3 Å². The summed E-state index contributed by atoms with van der Waals surface area (Å²) in [5, 5.41) is 3.44. The normalized spacial score (nSPS) is 22.4. The molecule has 3 heteroatoms. The first-order chi connectivity index (χ1) is 8.19. The number of nitrogens with one attached hydrogen (secondary N) is 1. The molecule has 2 atom stereocenters. The van der Waals surface area contributed by atoms with Gasteiger partial charge in [0.25, 0.3) is 0 Å². The fraction of sp³-hybridized carbons (Fsp3) is 0.857. The Morgan fingerprint density at radius 1 is 1.41 bits per heavy atom. The lowest BCUT2D eigenvalue weighted by atomic mass is 9.85. The van der Waals surface area contributed by atoms with Crippen LogP contribution in [-0.4, -0.2) is 49.8 Å². The van der Waals surface area contributed by atoms with Crippen molar-refractivity contribution >= 4 is 0 Å². The van der Waals surface area contributed by atoms with Crippen LogP contribution in [-0.2, 0) is 4.74 Å². The Morgan fingerprint density at radius 2 is 2.06 bits per heavy atom. The molecule has 0 radical (unpaired) electrons. The number of hydrogen-bond donors (Lipinski definition) is 1. The first-order valence-electron chi connectivity index (χ1n) is 6.58. The summed E-state index contributed by atoms with van der Waals surface area (Å²) in [7, 11) is 2.04. The van der Waals surface area contributed by atoms with Crippen LogP contribution in [0.1, 0.15) is 33.6 Å². The van der Waals surface area contributed by atoms with Gasteiger partial charge < -0.3 is 10.1 Å². The molecule has 1 saturated heterocycles. The van der Waals surface area contributed by atoms with E-state index in [9.17, 15) is 0 Å². The molecule has 0 spiro atoms. The molecule has 1 fully saturated rings. The Labute approximate surface area is 106 Å². The molecule has 3 nitrogen and oxygen atoms in total. The smallest absolute Gasteiger partial charge is 0.0594 e. The zero-order valence-corrected chi connectivity index (χ0v) is 11.7. The first-order valence-corrected chi connectivity index (χ1v) is 6.58. The van der Waals surface area contributed by atoms with Crippen LogP contribution in [0.5, 0.6) is 0 Å². The van der Waals surface area contributed by atoms with Gasteiger partial charge in [-0.25, -0.2) is 0 Å². The number of rotatable bonds is 5. The molecule has 17 heavy (non-hydrogen) atoms. The zero-order chi connectivity index (χ0) is 12.7. The SMILES string of the molecule is CC#CCC(NC)C(C)(CC)N1CCOCC1. The number of morpholine rings is 1. The molecule has 98 valence electrons. The lowest BCUT2D eigenvalue weighted by Crippen LogP contribution is -2.61.